The molecule has 1 N–H and O–H groups in total. The third kappa shape index (κ3) is 2.47. The number of nitrogens with one attached hydrogen (secondary N) is 1. The topological polar surface area (TPSA) is 83.5 Å². The van der Waals surface area contributed by atoms with E-state index in [0.29, 0.717) is 29.9 Å². The summed E-state index contributed by atoms with van der Waals surface area (Å²) in [6.07, 6.45) is 3.97. The van der Waals surface area contributed by atoms with Gasteiger partial charge in [0.05, 0.1) is 13.2 Å². The van der Waals surface area contributed by atoms with Crippen molar-refractivity contribution in [1.29, 1.82) is 0 Å². The largest absolute Gasteiger partial charge is 0.494 e. The zero-order valence-electron chi connectivity index (χ0n) is 13.7. The first-order chi connectivity index (χ1) is 11.6. The van der Waals surface area contributed by atoms with Crippen molar-refractivity contribution in [3.05, 3.63) is 42.0 Å². The minimum atomic E-state index is -0.190. The van der Waals surface area contributed by atoms with Crippen LogP contribution in [0.25, 0.3) is 11.2 Å². The molecule has 0 bridgehead atoms. The number of aliphatic imine (C=N–C) groups is 1. The number of pyridine rings is 1. The van der Waals surface area contributed by atoms with Crippen molar-refractivity contribution < 1.29 is 11.0 Å². The summed E-state index contributed by atoms with van der Waals surface area (Å²) >= 11 is 0. The molecule has 0 unspecified atom stereocenters. The molecule has 0 saturated carbocycles. The standard InChI is InChI=1S/C17H19N5O2.H2/c1-5-11-10(2)22(9-7-12(11)18-3)17(23)16-20-14-13(24-4)6-8-19-15(14)21-16;/h5-6,8,10H,1,3,7,9H2,2,4H3,(H,19,20,21);1H/t10-;/m1./s1. The number of hydrogen-bond acceptors (Lipinski definition) is 5. The molecule has 0 fully saturated rings. The average Bonchev–Trinajstić information content (AvgIpc) is 3.04. The fourth-order valence-corrected chi connectivity index (χ4v) is 3.01. The second kappa shape index (κ2) is 6.27. The summed E-state index contributed by atoms with van der Waals surface area (Å²) in [7, 11) is 1.56. The molecule has 0 aromatic carbocycles. The quantitative estimate of drug-likeness (QED) is 0.875. The van der Waals surface area contributed by atoms with Gasteiger partial charge in [0.15, 0.2) is 11.5 Å². The van der Waals surface area contributed by atoms with Gasteiger partial charge in [-0.2, -0.15) is 0 Å². The Balaban J connectivity index is 0.00000225. The molecule has 2 aromatic heterocycles. The molecule has 0 radical (unpaired) electrons. The predicted molar refractivity (Wildman–Crippen MR) is 94.4 cm³/mol. The van der Waals surface area contributed by atoms with Gasteiger partial charge in [0.2, 0.25) is 0 Å². The molecule has 0 aliphatic carbocycles. The van der Waals surface area contributed by atoms with Gasteiger partial charge >= 0.3 is 0 Å². The summed E-state index contributed by atoms with van der Waals surface area (Å²) in [6.45, 7) is 9.91. The third-order valence-electron chi connectivity index (χ3n) is 4.29. The van der Waals surface area contributed by atoms with E-state index in [1.54, 1.807) is 30.3 Å². The molecule has 126 valence electrons. The minimum Gasteiger partial charge on any atom is -0.494 e. The average molecular weight is 327 g/mol. The number of fused-ring (bicyclic) bond motifs is 1. The summed E-state index contributed by atoms with van der Waals surface area (Å²) < 4.78 is 5.27. The molecule has 7 heteroatoms. The molecule has 3 rings (SSSR count). The smallest absolute Gasteiger partial charge is 0.290 e. The predicted octanol–water partition coefficient (Wildman–Crippen LogP) is 2.59. The van der Waals surface area contributed by atoms with Crippen molar-refractivity contribution >= 4 is 23.8 Å². The Kier molecular flexibility index (Phi) is 4.16. The van der Waals surface area contributed by atoms with E-state index in [4.69, 9.17) is 4.74 Å². The van der Waals surface area contributed by atoms with Crippen LogP contribution >= 0.6 is 0 Å². The van der Waals surface area contributed by atoms with E-state index in [-0.39, 0.29) is 19.2 Å². The van der Waals surface area contributed by atoms with Gasteiger partial charge in [0, 0.05) is 32.4 Å². The fourth-order valence-electron chi connectivity index (χ4n) is 3.01. The van der Waals surface area contributed by atoms with Crippen LogP contribution in [-0.2, 0) is 0 Å². The number of aromatic amines is 1. The first-order valence-electron chi connectivity index (χ1n) is 7.62. The third-order valence-corrected chi connectivity index (χ3v) is 4.29. The second-order valence-electron chi connectivity index (χ2n) is 5.49. The molecule has 1 aliphatic rings. The van der Waals surface area contributed by atoms with Crippen LogP contribution in [0.1, 0.15) is 25.4 Å². The maximum absolute atomic E-state index is 12.9. The first kappa shape index (κ1) is 15.9. The van der Waals surface area contributed by atoms with Crippen molar-refractivity contribution in [1.82, 2.24) is 19.9 Å². The Morgan fingerprint density at radius 2 is 2.42 bits per heavy atom. The van der Waals surface area contributed by atoms with E-state index in [1.807, 2.05) is 6.92 Å². The van der Waals surface area contributed by atoms with Gasteiger partial charge in [0.1, 0.15) is 11.3 Å². The minimum absolute atomic E-state index is 0. The van der Waals surface area contributed by atoms with Crippen LogP contribution in [0.3, 0.4) is 0 Å². The number of nitrogens with zero attached hydrogens (tertiary/aromatic N) is 4. The summed E-state index contributed by atoms with van der Waals surface area (Å²) in [5.74, 6) is 0.653. The number of amides is 1. The number of aromatic nitrogens is 3. The second-order valence-corrected chi connectivity index (χ2v) is 5.49. The highest BCUT2D eigenvalue weighted by Gasteiger charge is 2.30. The van der Waals surface area contributed by atoms with E-state index in [9.17, 15) is 4.79 Å². The van der Waals surface area contributed by atoms with Crippen molar-refractivity contribution in [3.63, 3.8) is 0 Å². The van der Waals surface area contributed by atoms with Crippen LogP contribution in [0.5, 0.6) is 5.75 Å². The summed E-state index contributed by atoms with van der Waals surface area (Å²) in [5.41, 5.74) is 2.86. The number of rotatable bonds is 4. The molecule has 1 amide bonds. The fraction of sp³-hybridized carbons (Fsp3) is 0.294. The highest BCUT2D eigenvalue weighted by atomic mass is 16.5. The van der Waals surface area contributed by atoms with Crippen LogP contribution < -0.4 is 4.74 Å². The van der Waals surface area contributed by atoms with Crippen molar-refractivity contribution in [2.45, 2.75) is 19.4 Å². The summed E-state index contributed by atoms with van der Waals surface area (Å²) in [5, 5.41) is 0. The monoisotopic (exact) mass is 327 g/mol. The lowest BCUT2D eigenvalue weighted by Crippen LogP contribution is -2.43. The van der Waals surface area contributed by atoms with Crippen LogP contribution in [0, 0.1) is 0 Å². The zero-order valence-corrected chi connectivity index (χ0v) is 13.7. The SMILES string of the molecule is C=CC1=C(N=C)CCN(C(=O)c2nc3nccc(OC)c3[nH]2)[C@@H]1C.[HH]. The van der Waals surface area contributed by atoms with Gasteiger partial charge in [0.25, 0.3) is 5.91 Å². The Morgan fingerprint density at radius 3 is 3.08 bits per heavy atom. The Morgan fingerprint density at radius 1 is 1.62 bits per heavy atom. The maximum atomic E-state index is 12.9. The molecule has 0 saturated heterocycles. The van der Waals surface area contributed by atoms with Gasteiger partial charge in [-0.15, -0.1) is 0 Å². The molecule has 1 aliphatic heterocycles. The number of methoxy groups -OCH3 is 1. The van der Waals surface area contributed by atoms with E-state index in [1.165, 1.54) is 0 Å². The molecule has 3 heterocycles. The van der Waals surface area contributed by atoms with Crippen LogP contribution in [0.2, 0.25) is 0 Å². The molecular formula is C17H21N5O2. The van der Waals surface area contributed by atoms with Crippen LogP contribution in [-0.4, -0.2) is 52.2 Å². The van der Waals surface area contributed by atoms with E-state index < -0.39 is 0 Å². The molecule has 24 heavy (non-hydrogen) atoms. The number of carbonyl (C=O) groups excluding carboxylic acids is 1. The number of imidazole rings is 1. The lowest BCUT2D eigenvalue weighted by Gasteiger charge is -2.34. The van der Waals surface area contributed by atoms with Gasteiger partial charge in [-0.3, -0.25) is 9.79 Å². The Hall–Kier alpha value is -2.96. The number of ether oxygens (including phenoxy) is 1. The molecular weight excluding hydrogens is 306 g/mol. The van der Waals surface area contributed by atoms with Crippen LogP contribution in [0.15, 0.2) is 41.2 Å². The lowest BCUT2D eigenvalue weighted by molar-refractivity contribution is 0.0698. The normalized spacial score (nSPS) is 17.9. The van der Waals surface area contributed by atoms with Gasteiger partial charge < -0.3 is 14.6 Å². The Labute approximate surface area is 141 Å². The van der Waals surface area contributed by atoms with Crippen molar-refractivity contribution in [2.24, 2.45) is 4.99 Å². The molecule has 2 aromatic rings. The van der Waals surface area contributed by atoms with Crippen molar-refractivity contribution in [2.75, 3.05) is 13.7 Å². The molecule has 1 atom stereocenters. The van der Waals surface area contributed by atoms with Gasteiger partial charge in [-0.25, -0.2) is 9.97 Å². The highest BCUT2D eigenvalue weighted by molar-refractivity contribution is 5.95. The Bertz CT molecular complexity index is 858. The van der Waals surface area contributed by atoms with Crippen LogP contribution in [0.4, 0.5) is 0 Å². The van der Waals surface area contributed by atoms with E-state index >= 15 is 0 Å². The first-order valence-corrected chi connectivity index (χ1v) is 7.62. The highest BCUT2D eigenvalue weighted by Crippen LogP contribution is 2.27. The van der Waals surface area contributed by atoms with E-state index in [0.717, 1.165) is 11.3 Å². The molecule has 7 nitrogen and oxygen atoms in total. The summed E-state index contributed by atoms with van der Waals surface area (Å²) in [4.78, 5) is 30.2. The zero-order chi connectivity index (χ0) is 17.3. The maximum Gasteiger partial charge on any atom is 0.290 e. The lowest BCUT2D eigenvalue weighted by atomic mass is 9.98. The van der Waals surface area contributed by atoms with E-state index in [2.05, 4.69) is 33.2 Å². The van der Waals surface area contributed by atoms with Crippen molar-refractivity contribution in [3.8, 4) is 5.75 Å². The number of carbonyl (C=O) groups is 1. The number of H-pyrrole nitrogens is 1. The molecule has 0 spiro atoms. The summed E-state index contributed by atoms with van der Waals surface area (Å²) in [6, 6.07) is 1.58. The van der Waals surface area contributed by atoms with Gasteiger partial charge in [-0.05, 0) is 19.2 Å². The number of hydrogen-bond donors (Lipinski definition) is 1. The van der Waals surface area contributed by atoms with Gasteiger partial charge in [-0.1, -0.05) is 12.7 Å².